The predicted molar refractivity (Wildman–Crippen MR) is 74.9 cm³/mol. The van der Waals surface area contributed by atoms with Crippen LogP contribution in [0.5, 0.6) is 0 Å². The number of hydrogen-bond donors (Lipinski definition) is 1. The second kappa shape index (κ2) is 4.39. The van der Waals surface area contributed by atoms with Crippen molar-refractivity contribution in [1.82, 2.24) is 9.55 Å². The maximum Gasteiger partial charge on any atom is 0.112 e. The zero-order valence-corrected chi connectivity index (χ0v) is 11.2. The van der Waals surface area contributed by atoms with Crippen LogP contribution < -0.4 is 5.73 Å². The van der Waals surface area contributed by atoms with Gasteiger partial charge in [-0.3, -0.25) is 0 Å². The smallest absolute Gasteiger partial charge is 0.112 e. The third-order valence-corrected chi connectivity index (χ3v) is 3.92. The Balaban J connectivity index is 2.14. The van der Waals surface area contributed by atoms with Gasteiger partial charge in [-0.25, -0.2) is 4.98 Å². The van der Waals surface area contributed by atoms with Crippen LogP contribution in [-0.2, 0) is 6.54 Å². The second-order valence-corrected chi connectivity index (χ2v) is 5.46. The van der Waals surface area contributed by atoms with E-state index in [1.165, 1.54) is 35.3 Å². The minimum atomic E-state index is 0.691. The van der Waals surface area contributed by atoms with Crippen LogP contribution >= 0.6 is 0 Å². The molecule has 0 radical (unpaired) electrons. The molecule has 18 heavy (non-hydrogen) atoms. The van der Waals surface area contributed by atoms with Crippen molar-refractivity contribution in [3.63, 3.8) is 0 Å². The summed E-state index contributed by atoms with van der Waals surface area (Å²) in [6.45, 7) is 6.08. The normalized spacial score (nSPS) is 15.5. The molecule has 0 bridgehead atoms. The molecule has 1 aliphatic rings. The van der Waals surface area contributed by atoms with Crippen LogP contribution in [-0.4, -0.2) is 16.1 Å². The third kappa shape index (κ3) is 1.93. The van der Waals surface area contributed by atoms with Gasteiger partial charge in [-0.1, -0.05) is 0 Å². The Kier molecular flexibility index (Phi) is 2.86. The molecule has 2 aromatic rings. The van der Waals surface area contributed by atoms with Crippen LogP contribution in [0.1, 0.15) is 42.1 Å². The van der Waals surface area contributed by atoms with Gasteiger partial charge in [0, 0.05) is 12.5 Å². The van der Waals surface area contributed by atoms with Gasteiger partial charge in [0.15, 0.2) is 0 Å². The molecule has 1 aromatic heterocycles. The Morgan fingerprint density at radius 3 is 2.67 bits per heavy atom. The summed E-state index contributed by atoms with van der Waals surface area (Å²) in [4.78, 5) is 4.85. The maximum absolute atomic E-state index is 5.65. The van der Waals surface area contributed by atoms with E-state index in [9.17, 15) is 0 Å². The number of nitrogens with two attached hydrogens (primary N) is 1. The Morgan fingerprint density at radius 1 is 1.28 bits per heavy atom. The number of benzene rings is 1. The summed E-state index contributed by atoms with van der Waals surface area (Å²) in [5, 5.41) is 0. The van der Waals surface area contributed by atoms with E-state index in [2.05, 4.69) is 30.5 Å². The van der Waals surface area contributed by atoms with Crippen molar-refractivity contribution in [2.24, 2.45) is 5.73 Å². The minimum absolute atomic E-state index is 0.691. The Morgan fingerprint density at radius 2 is 2.00 bits per heavy atom. The number of hydrogen-bond acceptors (Lipinski definition) is 2. The van der Waals surface area contributed by atoms with Crippen LogP contribution in [0.25, 0.3) is 11.0 Å². The molecular weight excluding hydrogens is 222 g/mol. The fraction of sp³-hybridized carbons (Fsp3) is 0.533. The molecule has 1 aromatic carbocycles. The monoisotopic (exact) mass is 243 g/mol. The topological polar surface area (TPSA) is 43.8 Å². The van der Waals surface area contributed by atoms with Crippen molar-refractivity contribution in [3.05, 3.63) is 29.1 Å². The molecule has 0 aliphatic heterocycles. The molecule has 0 atom stereocenters. The minimum Gasteiger partial charge on any atom is -0.330 e. The molecule has 2 N–H and O–H groups in total. The fourth-order valence-corrected chi connectivity index (χ4v) is 2.54. The highest BCUT2D eigenvalue weighted by molar-refractivity contribution is 5.78. The number of aromatic nitrogens is 2. The van der Waals surface area contributed by atoms with Crippen molar-refractivity contribution in [2.75, 3.05) is 6.54 Å². The van der Waals surface area contributed by atoms with Gasteiger partial charge in [-0.2, -0.15) is 0 Å². The number of fused-ring (bicyclic) bond motifs is 1. The van der Waals surface area contributed by atoms with Gasteiger partial charge in [0.05, 0.1) is 11.0 Å². The van der Waals surface area contributed by atoms with Gasteiger partial charge >= 0.3 is 0 Å². The zero-order valence-electron chi connectivity index (χ0n) is 11.2. The van der Waals surface area contributed by atoms with Gasteiger partial charge < -0.3 is 10.3 Å². The van der Waals surface area contributed by atoms with E-state index in [4.69, 9.17) is 10.7 Å². The first-order valence-electron chi connectivity index (χ1n) is 6.88. The third-order valence-electron chi connectivity index (χ3n) is 3.92. The molecule has 1 fully saturated rings. The molecule has 1 saturated carbocycles. The Labute approximate surface area is 108 Å². The van der Waals surface area contributed by atoms with Gasteiger partial charge in [0.1, 0.15) is 5.82 Å². The van der Waals surface area contributed by atoms with Crippen molar-refractivity contribution in [1.29, 1.82) is 0 Å². The molecule has 0 spiro atoms. The first-order chi connectivity index (χ1) is 8.70. The number of imidazole rings is 1. The van der Waals surface area contributed by atoms with Crippen molar-refractivity contribution < 1.29 is 0 Å². The summed E-state index contributed by atoms with van der Waals surface area (Å²) in [6, 6.07) is 4.50. The molecular formula is C15H21N3. The lowest BCUT2D eigenvalue weighted by molar-refractivity contribution is 0.633. The summed E-state index contributed by atoms with van der Waals surface area (Å²) in [5.41, 5.74) is 10.8. The van der Waals surface area contributed by atoms with Gasteiger partial charge in [0.25, 0.3) is 0 Å². The lowest BCUT2D eigenvalue weighted by atomic mass is 10.1. The summed E-state index contributed by atoms with van der Waals surface area (Å²) < 4.78 is 2.40. The van der Waals surface area contributed by atoms with E-state index >= 15 is 0 Å². The summed E-state index contributed by atoms with van der Waals surface area (Å²) in [7, 11) is 0. The van der Waals surface area contributed by atoms with Crippen LogP contribution in [0.15, 0.2) is 12.1 Å². The Bertz CT molecular complexity index is 579. The highest BCUT2D eigenvalue weighted by Crippen LogP contribution is 2.41. The highest BCUT2D eigenvalue weighted by Gasteiger charge is 2.29. The van der Waals surface area contributed by atoms with E-state index in [0.29, 0.717) is 5.92 Å². The summed E-state index contributed by atoms with van der Waals surface area (Å²) >= 11 is 0. The van der Waals surface area contributed by atoms with E-state index in [0.717, 1.165) is 25.0 Å². The summed E-state index contributed by atoms with van der Waals surface area (Å²) in [6.07, 6.45) is 3.62. The van der Waals surface area contributed by atoms with Crippen LogP contribution in [0.2, 0.25) is 0 Å². The van der Waals surface area contributed by atoms with E-state index in [1.54, 1.807) is 0 Å². The van der Waals surface area contributed by atoms with Gasteiger partial charge in [0.2, 0.25) is 0 Å². The molecule has 3 nitrogen and oxygen atoms in total. The Hall–Kier alpha value is -1.35. The number of nitrogens with zero attached hydrogens (tertiary/aromatic N) is 2. The molecule has 0 unspecified atom stereocenters. The van der Waals surface area contributed by atoms with Crippen LogP contribution in [0, 0.1) is 13.8 Å². The summed E-state index contributed by atoms with van der Waals surface area (Å²) in [5.74, 6) is 1.97. The van der Waals surface area contributed by atoms with E-state index in [1.807, 2.05) is 0 Å². The molecule has 96 valence electrons. The quantitative estimate of drug-likeness (QED) is 0.897. The standard InChI is InChI=1S/C15H21N3/c1-10-8-13-14(9-11(10)2)18(7-3-6-16)15(17-13)12-4-5-12/h8-9,12H,3-7,16H2,1-2H3. The zero-order chi connectivity index (χ0) is 12.7. The first kappa shape index (κ1) is 11.7. The molecule has 0 saturated heterocycles. The molecule has 1 aliphatic carbocycles. The van der Waals surface area contributed by atoms with Crippen molar-refractivity contribution in [3.8, 4) is 0 Å². The van der Waals surface area contributed by atoms with Crippen molar-refractivity contribution >= 4 is 11.0 Å². The van der Waals surface area contributed by atoms with Crippen molar-refractivity contribution in [2.45, 2.75) is 45.6 Å². The van der Waals surface area contributed by atoms with Gasteiger partial charge in [-0.15, -0.1) is 0 Å². The van der Waals surface area contributed by atoms with E-state index < -0.39 is 0 Å². The number of aryl methyl sites for hydroxylation is 3. The van der Waals surface area contributed by atoms with Gasteiger partial charge in [-0.05, 0) is 62.9 Å². The maximum atomic E-state index is 5.65. The average Bonchev–Trinajstić information content (AvgIpc) is 3.13. The van der Waals surface area contributed by atoms with Crippen LogP contribution in [0.3, 0.4) is 0 Å². The largest absolute Gasteiger partial charge is 0.330 e. The SMILES string of the molecule is Cc1cc2nc(C3CC3)n(CCCN)c2cc1C. The number of rotatable bonds is 4. The lowest BCUT2D eigenvalue weighted by Gasteiger charge is -2.08. The predicted octanol–water partition coefficient (Wildman–Crippen LogP) is 2.88. The molecule has 1 heterocycles. The second-order valence-electron chi connectivity index (χ2n) is 5.46. The fourth-order valence-electron chi connectivity index (χ4n) is 2.54. The highest BCUT2D eigenvalue weighted by atomic mass is 15.1. The molecule has 3 rings (SSSR count). The molecule has 3 heteroatoms. The van der Waals surface area contributed by atoms with Crippen LogP contribution in [0.4, 0.5) is 0 Å². The molecule has 0 amide bonds. The average molecular weight is 243 g/mol. The van der Waals surface area contributed by atoms with E-state index in [-0.39, 0.29) is 0 Å². The first-order valence-corrected chi connectivity index (χ1v) is 6.88. The lowest BCUT2D eigenvalue weighted by Crippen LogP contribution is -2.08.